The van der Waals surface area contributed by atoms with E-state index in [2.05, 4.69) is 39.1 Å². The molecule has 7 N–H and O–H groups in total. The number of morpholine rings is 1. The van der Waals surface area contributed by atoms with Crippen molar-refractivity contribution in [2.24, 2.45) is 16.9 Å². The molecule has 1 saturated carbocycles. The summed E-state index contributed by atoms with van der Waals surface area (Å²) in [6.45, 7) is 4.85. The van der Waals surface area contributed by atoms with Gasteiger partial charge in [-0.1, -0.05) is 31.4 Å². The molecule has 3 fully saturated rings. The van der Waals surface area contributed by atoms with Crippen LogP contribution in [0, 0.1) is 16.7 Å². The van der Waals surface area contributed by atoms with Crippen LogP contribution in [0.3, 0.4) is 0 Å². The number of nitrogens with zero attached hydrogens (tertiary/aromatic N) is 2. The lowest BCUT2D eigenvalue weighted by molar-refractivity contribution is -0.119. The molecule has 35 heavy (non-hydrogen) atoms. The molecule has 2 saturated heterocycles. The fraction of sp³-hybridized carbons (Fsp3) is 0.692. The minimum Gasteiger partial charge on any atom is -0.385 e. The molecule has 0 aromatic carbocycles. The molecule has 1 spiro atoms. The van der Waals surface area contributed by atoms with E-state index in [4.69, 9.17) is 16.2 Å². The molecule has 3 atom stereocenters. The first-order valence-corrected chi connectivity index (χ1v) is 13.1. The van der Waals surface area contributed by atoms with Crippen molar-refractivity contribution in [2.45, 2.75) is 69.5 Å². The first-order valence-electron chi connectivity index (χ1n) is 13.1. The van der Waals surface area contributed by atoms with E-state index in [1.54, 1.807) is 0 Å². The largest absolute Gasteiger partial charge is 0.385 e. The standard InChI is InChI=1S/C26H41N7O2/c27-10-5-19-4-9-26(7-2-1-3-8-26)16-20(31-17-19)23(24(28)29)25(34)32-21-18-30-11-6-22(21)33-12-14-35-15-13-33/h4,9,17,20-22,30-31H,1-3,5-8,11-16,18,28-29H2,(H,32,34). The normalized spacial score (nSPS) is 29.1. The highest BCUT2D eigenvalue weighted by Gasteiger charge is 2.38. The summed E-state index contributed by atoms with van der Waals surface area (Å²) in [6.07, 6.45) is 13.9. The molecule has 4 rings (SSSR count). The van der Waals surface area contributed by atoms with Crippen molar-refractivity contribution in [2.75, 3.05) is 39.4 Å². The number of rotatable bonds is 5. The van der Waals surface area contributed by atoms with Crippen molar-refractivity contribution in [3.8, 4) is 6.07 Å². The van der Waals surface area contributed by atoms with Crippen LogP contribution in [0.4, 0.5) is 0 Å². The van der Waals surface area contributed by atoms with E-state index in [1.807, 2.05) is 6.20 Å². The average molecular weight is 484 g/mol. The van der Waals surface area contributed by atoms with Crippen molar-refractivity contribution in [1.82, 2.24) is 20.9 Å². The molecule has 3 aliphatic heterocycles. The van der Waals surface area contributed by atoms with E-state index in [-0.39, 0.29) is 35.3 Å². The van der Waals surface area contributed by atoms with Crippen LogP contribution in [0.1, 0.15) is 51.4 Å². The number of hydrogen-bond donors (Lipinski definition) is 5. The van der Waals surface area contributed by atoms with Crippen LogP contribution < -0.4 is 27.4 Å². The highest BCUT2D eigenvalue weighted by Crippen LogP contribution is 2.43. The van der Waals surface area contributed by atoms with Crippen LogP contribution in [0.2, 0.25) is 0 Å². The zero-order valence-electron chi connectivity index (χ0n) is 20.7. The number of ether oxygens (including phenoxy) is 1. The SMILES string of the molecule is N#CCC1=CNC(C(C(=O)NC2CNCCC2N2CCOCC2)=C(N)N)CC2(C=C1)CCCCC2. The lowest BCUT2D eigenvalue weighted by Gasteiger charge is -2.42. The summed E-state index contributed by atoms with van der Waals surface area (Å²) >= 11 is 0. The minimum absolute atomic E-state index is 0.0331. The van der Waals surface area contributed by atoms with Gasteiger partial charge in [0.15, 0.2) is 0 Å². The zero-order valence-corrected chi connectivity index (χ0v) is 20.7. The Morgan fingerprint density at radius 2 is 2.03 bits per heavy atom. The Balaban J connectivity index is 1.55. The maximum absolute atomic E-state index is 13.7. The van der Waals surface area contributed by atoms with E-state index < -0.39 is 0 Å². The Morgan fingerprint density at radius 3 is 2.74 bits per heavy atom. The number of nitrogens with one attached hydrogen (secondary N) is 3. The van der Waals surface area contributed by atoms with Gasteiger partial charge in [0, 0.05) is 31.9 Å². The molecule has 3 heterocycles. The van der Waals surface area contributed by atoms with Crippen molar-refractivity contribution in [3.63, 3.8) is 0 Å². The Labute approximate surface area is 209 Å². The topological polar surface area (TPSA) is 141 Å². The van der Waals surface area contributed by atoms with Gasteiger partial charge in [-0.2, -0.15) is 5.26 Å². The maximum Gasteiger partial charge on any atom is 0.253 e. The van der Waals surface area contributed by atoms with E-state index >= 15 is 0 Å². The molecule has 1 aliphatic carbocycles. The number of carbonyl (C=O) groups excluding carboxylic acids is 1. The van der Waals surface area contributed by atoms with Gasteiger partial charge in [-0.3, -0.25) is 9.69 Å². The van der Waals surface area contributed by atoms with Gasteiger partial charge in [0.1, 0.15) is 5.82 Å². The number of allylic oxidation sites excluding steroid dienone is 3. The van der Waals surface area contributed by atoms with Gasteiger partial charge in [0.2, 0.25) is 0 Å². The molecular formula is C26H41N7O2. The fourth-order valence-electron chi connectivity index (χ4n) is 6.16. The summed E-state index contributed by atoms with van der Waals surface area (Å²) in [7, 11) is 0. The summed E-state index contributed by atoms with van der Waals surface area (Å²) in [4.78, 5) is 16.2. The Kier molecular flexibility index (Phi) is 8.71. The second-order valence-electron chi connectivity index (χ2n) is 10.4. The molecule has 4 aliphatic rings. The summed E-state index contributed by atoms with van der Waals surface area (Å²) < 4.78 is 5.53. The summed E-state index contributed by atoms with van der Waals surface area (Å²) in [5.74, 6) is -0.155. The van der Waals surface area contributed by atoms with Crippen LogP contribution in [0.25, 0.3) is 0 Å². The van der Waals surface area contributed by atoms with Gasteiger partial charge >= 0.3 is 0 Å². The predicted molar refractivity (Wildman–Crippen MR) is 136 cm³/mol. The van der Waals surface area contributed by atoms with Gasteiger partial charge in [-0.25, -0.2) is 0 Å². The lowest BCUT2D eigenvalue weighted by Crippen LogP contribution is -2.62. The number of nitrogens with two attached hydrogens (primary N) is 2. The van der Waals surface area contributed by atoms with Gasteiger partial charge in [0.25, 0.3) is 5.91 Å². The second kappa shape index (κ2) is 11.9. The molecule has 3 unspecified atom stereocenters. The molecular weight excluding hydrogens is 442 g/mol. The van der Waals surface area contributed by atoms with Crippen LogP contribution in [0.15, 0.2) is 35.3 Å². The van der Waals surface area contributed by atoms with Crippen LogP contribution in [-0.2, 0) is 9.53 Å². The predicted octanol–water partition coefficient (Wildman–Crippen LogP) is 0.960. The van der Waals surface area contributed by atoms with Crippen molar-refractivity contribution in [3.05, 3.63) is 35.3 Å². The Hall–Kier alpha value is -2.54. The minimum atomic E-state index is -0.324. The highest BCUT2D eigenvalue weighted by molar-refractivity contribution is 5.95. The lowest BCUT2D eigenvalue weighted by atomic mass is 9.68. The molecule has 1 amide bonds. The molecule has 0 aromatic heterocycles. The third kappa shape index (κ3) is 6.37. The quantitative estimate of drug-likeness (QED) is 0.364. The van der Waals surface area contributed by atoms with E-state index in [1.165, 1.54) is 6.42 Å². The molecule has 9 heteroatoms. The smallest absolute Gasteiger partial charge is 0.253 e. The molecule has 0 aromatic rings. The third-order valence-corrected chi connectivity index (χ3v) is 8.04. The molecule has 0 radical (unpaired) electrons. The van der Waals surface area contributed by atoms with Gasteiger partial charge < -0.3 is 32.2 Å². The van der Waals surface area contributed by atoms with Gasteiger partial charge in [-0.05, 0) is 43.2 Å². The van der Waals surface area contributed by atoms with Gasteiger partial charge in [-0.15, -0.1) is 0 Å². The third-order valence-electron chi connectivity index (χ3n) is 8.04. The Morgan fingerprint density at radius 1 is 1.26 bits per heavy atom. The van der Waals surface area contributed by atoms with Crippen molar-refractivity contribution < 1.29 is 9.53 Å². The first kappa shape index (κ1) is 25.5. The number of amides is 1. The van der Waals surface area contributed by atoms with Crippen LogP contribution >= 0.6 is 0 Å². The molecule has 9 nitrogen and oxygen atoms in total. The molecule has 192 valence electrons. The van der Waals surface area contributed by atoms with E-state index in [0.29, 0.717) is 18.5 Å². The number of nitriles is 1. The number of piperidine rings is 1. The molecule has 0 bridgehead atoms. The monoisotopic (exact) mass is 483 g/mol. The van der Waals surface area contributed by atoms with E-state index in [9.17, 15) is 10.1 Å². The number of carbonyl (C=O) groups is 1. The zero-order chi connectivity index (χ0) is 24.7. The summed E-state index contributed by atoms with van der Waals surface area (Å²) in [6, 6.07) is 2.13. The summed E-state index contributed by atoms with van der Waals surface area (Å²) in [5, 5.41) is 19.4. The van der Waals surface area contributed by atoms with E-state index in [0.717, 1.165) is 76.9 Å². The van der Waals surface area contributed by atoms with Gasteiger partial charge in [0.05, 0.1) is 43.4 Å². The second-order valence-corrected chi connectivity index (χ2v) is 10.4. The van der Waals surface area contributed by atoms with Crippen molar-refractivity contribution in [1.29, 1.82) is 5.26 Å². The van der Waals surface area contributed by atoms with Crippen LogP contribution in [-0.4, -0.2) is 68.3 Å². The average Bonchev–Trinajstić information content (AvgIpc) is 2.86. The Bertz CT molecular complexity index is 875. The number of hydrogen-bond acceptors (Lipinski definition) is 8. The van der Waals surface area contributed by atoms with Crippen molar-refractivity contribution >= 4 is 5.91 Å². The highest BCUT2D eigenvalue weighted by atomic mass is 16.5. The maximum atomic E-state index is 13.7. The summed E-state index contributed by atoms with van der Waals surface area (Å²) in [5.41, 5.74) is 13.6. The first-order chi connectivity index (χ1) is 17.0. The van der Waals surface area contributed by atoms with Crippen LogP contribution in [0.5, 0.6) is 0 Å². The fourth-order valence-corrected chi connectivity index (χ4v) is 6.16.